The maximum absolute atomic E-state index is 14.2. The van der Waals surface area contributed by atoms with Gasteiger partial charge in [-0.05, 0) is 98.4 Å². The van der Waals surface area contributed by atoms with E-state index in [0.717, 1.165) is 50.3 Å². The number of piperazine rings is 1. The number of amides is 2. The molecule has 8 rings (SSSR count). The lowest BCUT2D eigenvalue weighted by Gasteiger charge is -2.39. The van der Waals surface area contributed by atoms with Crippen molar-refractivity contribution in [3.63, 3.8) is 0 Å². The van der Waals surface area contributed by atoms with Crippen molar-refractivity contribution >= 4 is 67.1 Å². The highest BCUT2D eigenvalue weighted by atomic mass is 35.5. The molecule has 19 heteroatoms. The minimum absolute atomic E-state index is 0.0496. The van der Waals surface area contributed by atoms with Crippen LogP contribution in [0.4, 0.5) is 17.1 Å². The second-order valence-corrected chi connectivity index (χ2v) is 20.5. The number of nitro groups is 1. The number of fused-ring (bicyclic) bond motifs is 1. The van der Waals surface area contributed by atoms with Crippen LogP contribution in [0, 0.1) is 15.5 Å². The maximum atomic E-state index is 14.2. The van der Waals surface area contributed by atoms with Gasteiger partial charge in [0.15, 0.2) is 5.75 Å². The number of carbonyl (C=O) groups excluding carboxylic acids is 2. The number of para-hydroxylation sites is 1. The van der Waals surface area contributed by atoms with E-state index in [0.29, 0.717) is 48.3 Å². The molecule has 0 unspecified atom stereocenters. The largest absolute Gasteiger partial charge is 0.453 e. The van der Waals surface area contributed by atoms with Gasteiger partial charge in [0.2, 0.25) is 5.91 Å². The molecule has 2 aliphatic heterocycles. The average Bonchev–Trinajstić information content (AvgIpc) is 3.77. The van der Waals surface area contributed by atoms with Crippen molar-refractivity contribution in [2.45, 2.75) is 44.1 Å². The summed E-state index contributed by atoms with van der Waals surface area (Å²) >= 11 is 6.26. The van der Waals surface area contributed by atoms with E-state index in [1.165, 1.54) is 41.1 Å². The second-order valence-electron chi connectivity index (χ2n) is 18.4. The summed E-state index contributed by atoms with van der Waals surface area (Å²) < 4.78 is 42.3. The number of ether oxygens (including phenoxy) is 2. The smallest absolute Gasteiger partial charge is 0.293 e. The first-order valence-corrected chi connectivity index (χ1v) is 24.2. The van der Waals surface area contributed by atoms with Gasteiger partial charge in [-0.2, -0.15) is 0 Å². The number of sulfonamides is 1. The first kappa shape index (κ1) is 47.4. The van der Waals surface area contributed by atoms with Crippen molar-refractivity contribution in [1.29, 1.82) is 0 Å². The van der Waals surface area contributed by atoms with Gasteiger partial charge in [0.05, 0.1) is 46.5 Å². The van der Waals surface area contributed by atoms with Gasteiger partial charge in [0.25, 0.3) is 21.6 Å². The molecule has 0 radical (unpaired) electrons. The fourth-order valence-electron chi connectivity index (χ4n) is 8.91. The number of hydrogen-bond acceptors (Lipinski definition) is 13. The summed E-state index contributed by atoms with van der Waals surface area (Å²) in [5, 5.41) is 16.8. The number of likely N-dealkylation sites (N-methyl/N-ethyl adjacent to an activating group) is 1. The standard InChI is InChI=1S/C48H56ClN9O8S/c1-48(2)16-14-34(40(26-48)32-8-10-35(49)11-9-32)29-55-18-20-56(21-19-55)42-7-5-6-39(45(42)66-36-24-33-15-17-50-46(33)52-27-36)47(60)53-67(63,64)38-12-13-41(43(25-38)58(61)62)51-28-37-30-57(22-23-65-37)44(59)31-54(3)4/h5-13,15,17,24-25,27,37,51H,14,16,18-23,26,28-31H2,1-4H3,(H,50,52)(H,53,60)/t37-/m0/s1. The van der Waals surface area contributed by atoms with Gasteiger partial charge in [-0.15, -0.1) is 0 Å². The number of nitro benzene ring substituents is 1. The number of rotatable bonds is 15. The highest BCUT2D eigenvalue weighted by molar-refractivity contribution is 7.90. The fraction of sp³-hybridized carbons (Fsp3) is 0.396. The van der Waals surface area contributed by atoms with Crippen molar-refractivity contribution in [2.75, 3.05) is 89.8 Å². The molecule has 2 amide bonds. The highest BCUT2D eigenvalue weighted by Crippen LogP contribution is 2.44. The summed E-state index contributed by atoms with van der Waals surface area (Å²) in [6.45, 7) is 9.52. The zero-order valence-corrected chi connectivity index (χ0v) is 39.7. The molecular formula is C48H56ClN9O8S. The average molecular weight is 955 g/mol. The minimum atomic E-state index is -4.65. The molecule has 3 N–H and O–H groups in total. The molecule has 4 heterocycles. The lowest BCUT2D eigenvalue weighted by Crippen LogP contribution is -2.50. The van der Waals surface area contributed by atoms with Crippen molar-refractivity contribution < 1.29 is 32.4 Å². The van der Waals surface area contributed by atoms with Gasteiger partial charge in [-0.1, -0.05) is 49.2 Å². The van der Waals surface area contributed by atoms with Crippen LogP contribution in [-0.2, 0) is 19.6 Å². The Labute approximate surface area is 395 Å². The van der Waals surface area contributed by atoms with Crippen LogP contribution in [0.1, 0.15) is 49.0 Å². The first-order chi connectivity index (χ1) is 32.0. The monoisotopic (exact) mass is 953 g/mol. The van der Waals surface area contributed by atoms with Crippen molar-refractivity contribution in [1.82, 2.24) is 29.4 Å². The predicted molar refractivity (Wildman–Crippen MR) is 258 cm³/mol. The molecule has 67 heavy (non-hydrogen) atoms. The summed E-state index contributed by atoms with van der Waals surface area (Å²) in [5.74, 6) is -0.569. The van der Waals surface area contributed by atoms with Crippen LogP contribution >= 0.6 is 11.6 Å². The number of pyridine rings is 1. The zero-order valence-electron chi connectivity index (χ0n) is 38.1. The summed E-state index contributed by atoms with van der Waals surface area (Å²) in [5.41, 5.74) is 4.91. The van der Waals surface area contributed by atoms with E-state index < -0.39 is 37.5 Å². The zero-order chi connectivity index (χ0) is 47.5. The number of benzene rings is 3. The van der Waals surface area contributed by atoms with Gasteiger partial charge < -0.3 is 34.5 Å². The summed E-state index contributed by atoms with van der Waals surface area (Å²) in [6.07, 6.45) is 5.91. The summed E-state index contributed by atoms with van der Waals surface area (Å²) in [4.78, 5) is 53.5. The van der Waals surface area contributed by atoms with E-state index in [-0.39, 0.29) is 48.0 Å². The number of H-pyrrole nitrogens is 1. The Hall–Kier alpha value is -6.05. The van der Waals surface area contributed by atoms with E-state index in [4.69, 9.17) is 21.1 Å². The Kier molecular flexibility index (Phi) is 14.2. The molecule has 3 aromatic carbocycles. The summed E-state index contributed by atoms with van der Waals surface area (Å²) in [6, 6.07) is 20.1. The molecule has 17 nitrogen and oxygen atoms in total. The van der Waals surface area contributed by atoms with Gasteiger partial charge in [0, 0.05) is 75.0 Å². The van der Waals surface area contributed by atoms with Gasteiger partial charge in [-0.3, -0.25) is 24.6 Å². The van der Waals surface area contributed by atoms with Crippen LogP contribution in [0.3, 0.4) is 0 Å². The molecule has 0 saturated carbocycles. The molecule has 1 aliphatic carbocycles. The number of morpholine rings is 1. The van der Waals surface area contributed by atoms with Crippen LogP contribution in [0.5, 0.6) is 11.5 Å². The number of hydrogen-bond donors (Lipinski definition) is 3. The number of allylic oxidation sites excluding steroid dienone is 1. The Bertz CT molecular complexity index is 2790. The number of nitrogens with one attached hydrogen (secondary N) is 3. The molecule has 2 saturated heterocycles. The quantitative estimate of drug-likeness (QED) is 0.0716. The maximum Gasteiger partial charge on any atom is 0.293 e. The molecule has 354 valence electrons. The van der Waals surface area contributed by atoms with E-state index in [1.54, 1.807) is 42.2 Å². The van der Waals surface area contributed by atoms with Crippen LogP contribution in [0.15, 0.2) is 95.7 Å². The van der Waals surface area contributed by atoms with Gasteiger partial charge in [0.1, 0.15) is 17.1 Å². The molecule has 0 bridgehead atoms. The molecule has 5 aromatic rings. The number of halogens is 1. The van der Waals surface area contributed by atoms with Crippen LogP contribution in [0.2, 0.25) is 5.02 Å². The lowest BCUT2D eigenvalue weighted by atomic mass is 9.72. The highest BCUT2D eigenvalue weighted by Gasteiger charge is 2.32. The predicted octanol–water partition coefficient (Wildman–Crippen LogP) is 7.02. The number of aromatic nitrogens is 2. The Balaban J connectivity index is 1.01. The molecule has 1 atom stereocenters. The normalized spacial score (nSPS) is 18.0. The third kappa shape index (κ3) is 11.4. The lowest BCUT2D eigenvalue weighted by molar-refractivity contribution is -0.384. The Morgan fingerprint density at radius 2 is 1.82 bits per heavy atom. The fourth-order valence-corrected chi connectivity index (χ4v) is 10.0. The molecule has 0 spiro atoms. The second kappa shape index (κ2) is 20.0. The van der Waals surface area contributed by atoms with E-state index in [1.807, 2.05) is 24.3 Å². The van der Waals surface area contributed by atoms with Crippen molar-refractivity contribution in [3.05, 3.63) is 117 Å². The third-order valence-electron chi connectivity index (χ3n) is 12.5. The number of anilines is 2. The molecule has 3 aliphatic rings. The van der Waals surface area contributed by atoms with E-state index >= 15 is 0 Å². The van der Waals surface area contributed by atoms with Crippen molar-refractivity contribution in [3.8, 4) is 11.5 Å². The number of nitrogens with zero attached hydrogens (tertiary/aromatic N) is 6. The number of carbonyl (C=O) groups is 2. The molecular weight excluding hydrogens is 898 g/mol. The Morgan fingerprint density at radius 3 is 2.57 bits per heavy atom. The van der Waals surface area contributed by atoms with Crippen LogP contribution < -0.4 is 19.7 Å². The van der Waals surface area contributed by atoms with Crippen LogP contribution in [0.25, 0.3) is 16.6 Å². The number of aromatic amines is 1. The Morgan fingerprint density at radius 1 is 1.04 bits per heavy atom. The topological polar surface area (TPSA) is 196 Å². The third-order valence-corrected chi connectivity index (χ3v) is 14.1. The van der Waals surface area contributed by atoms with E-state index in [2.05, 4.69) is 55.8 Å². The van der Waals surface area contributed by atoms with Crippen LogP contribution in [-0.4, -0.2) is 136 Å². The van der Waals surface area contributed by atoms with Gasteiger partial charge in [-0.25, -0.2) is 18.1 Å². The minimum Gasteiger partial charge on any atom is -0.453 e. The SMILES string of the molecule is CN(C)CC(=O)N1CCO[C@@H](CNc2ccc(S(=O)(=O)NC(=O)c3cccc(N4CCN(CC5=C(c6ccc(Cl)cc6)CC(C)(C)CC5)CC4)c3Oc3cnc4[nH]ccc4c3)cc2[N+](=O)[O-])C1. The first-order valence-electron chi connectivity index (χ1n) is 22.3. The van der Waals surface area contributed by atoms with E-state index in [9.17, 15) is 28.1 Å². The molecule has 2 aromatic heterocycles. The van der Waals surface area contributed by atoms with Crippen molar-refractivity contribution in [2.24, 2.45) is 5.41 Å². The van der Waals surface area contributed by atoms with Gasteiger partial charge >= 0.3 is 0 Å². The molecule has 2 fully saturated rings. The summed E-state index contributed by atoms with van der Waals surface area (Å²) in [7, 11) is -1.05.